The molecule has 2 aromatic rings. The highest BCUT2D eigenvalue weighted by Gasteiger charge is 2.20. The first-order chi connectivity index (χ1) is 15.7. The number of rotatable bonds is 10. The van der Waals surface area contributed by atoms with Gasteiger partial charge in [0.2, 0.25) is 0 Å². The molecule has 33 heavy (non-hydrogen) atoms. The Morgan fingerprint density at radius 3 is 2.24 bits per heavy atom. The smallest absolute Gasteiger partial charge is 0.407 e. The van der Waals surface area contributed by atoms with Gasteiger partial charge in [0.1, 0.15) is 11.4 Å². The summed E-state index contributed by atoms with van der Waals surface area (Å²) in [6.07, 6.45) is -0.468. The molecule has 0 saturated heterocycles. The summed E-state index contributed by atoms with van der Waals surface area (Å²) in [4.78, 5) is 26.9. The number of carbonyl (C=O) groups is 2. The monoisotopic (exact) mass is 455 g/mol. The largest absolute Gasteiger partial charge is 0.497 e. The average Bonchev–Trinajstić information content (AvgIpc) is 2.79. The second kappa shape index (κ2) is 12.3. The number of nitrogens with one attached hydrogen (secondary N) is 2. The van der Waals surface area contributed by atoms with Crippen molar-refractivity contribution in [2.45, 2.75) is 52.8 Å². The van der Waals surface area contributed by atoms with E-state index >= 15 is 0 Å². The normalized spacial score (nSPS) is 12.2. The third kappa shape index (κ3) is 8.42. The van der Waals surface area contributed by atoms with Gasteiger partial charge in [0.05, 0.1) is 13.2 Å². The van der Waals surface area contributed by atoms with Crippen LogP contribution in [-0.2, 0) is 11.3 Å². The molecular weight excluding hydrogens is 418 g/mol. The van der Waals surface area contributed by atoms with Gasteiger partial charge >= 0.3 is 6.09 Å². The summed E-state index contributed by atoms with van der Waals surface area (Å²) in [5.74, 6) is 0.660. The number of nitrogens with zero attached hydrogens (tertiary/aromatic N) is 1. The van der Waals surface area contributed by atoms with E-state index in [1.165, 1.54) is 0 Å². The lowest BCUT2D eigenvalue weighted by Crippen LogP contribution is -2.38. The summed E-state index contributed by atoms with van der Waals surface area (Å²) in [6.45, 7) is 12.2. The Hall–Kier alpha value is -3.06. The van der Waals surface area contributed by atoms with Gasteiger partial charge in [-0.1, -0.05) is 38.1 Å². The lowest BCUT2D eigenvalue weighted by atomic mass is 10.0. The number of amides is 2. The van der Waals surface area contributed by atoms with E-state index in [0.29, 0.717) is 18.7 Å². The quantitative estimate of drug-likeness (QED) is 0.550. The number of benzene rings is 2. The van der Waals surface area contributed by atoms with Crippen LogP contribution in [0.3, 0.4) is 0 Å². The number of alkyl carbamates (subject to hydrolysis) is 1. The molecule has 7 nitrogen and oxygen atoms in total. The van der Waals surface area contributed by atoms with E-state index in [4.69, 9.17) is 9.47 Å². The maximum Gasteiger partial charge on any atom is 0.407 e. The predicted octanol–water partition coefficient (Wildman–Crippen LogP) is 4.53. The van der Waals surface area contributed by atoms with Crippen LogP contribution in [0.5, 0.6) is 5.75 Å². The highest BCUT2D eigenvalue weighted by atomic mass is 16.6. The number of likely N-dealkylation sites (N-methyl/N-ethyl adjacent to an activating group) is 1. The fourth-order valence-electron chi connectivity index (χ4n) is 3.52. The zero-order valence-electron chi connectivity index (χ0n) is 20.6. The molecule has 2 amide bonds. The summed E-state index contributed by atoms with van der Waals surface area (Å²) in [5, 5.41) is 5.79. The van der Waals surface area contributed by atoms with E-state index < -0.39 is 11.7 Å². The number of hydrogen-bond acceptors (Lipinski definition) is 5. The summed E-state index contributed by atoms with van der Waals surface area (Å²) in [6, 6.07) is 15.2. The van der Waals surface area contributed by atoms with Crippen LogP contribution >= 0.6 is 0 Å². The van der Waals surface area contributed by atoms with E-state index in [9.17, 15) is 9.59 Å². The maximum atomic E-state index is 12.8. The van der Waals surface area contributed by atoms with Crippen molar-refractivity contribution in [2.75, 3.05) is 26.7 Å². The Kier molecular flexibility index (Phi) is 9.73. The molecule has 2 N–H and O–H groups in total. The zero-order chi connectivity index (χ0) is 24.4. The number of carbonyl (C=O) groups excluding carboxylic acids is 2. The van der Waals surface area contributed by atoms with Crippen LogP contribution in [0.4, 0.5) is 4.79 Å². The van der Waals surface area contributed by atoms with Gasteiger partial charge in [-0.3, -0.25) is 9.69 Å². The second-order valence-corrected chi connectivity index (χ2v) is 8.78. The molecule has 0 spiro atoms. The maximum absolute atomic E-state index is 12.8. The Balaban J connectivity index is 2.00. The van der Waals surface area contributed by atoms with Crippen LogP contribution in [0.1, 0.15) is 62.1 Å². The molecule has 0 saturated carbocycles. The topological polar surface area (TPSA) is 79.9 Å². The Morgan fingerprint density at radius 2 is 1.67 bits per heavy atom. The first-order valence-electron chi connectivity index (χ1n) is 11.4. The molecule has 1 atom stereocenters. The van der Waals surface area contributed by atoms with Crippen molar-refractivity contribution in [3.05, 3.63) is 65.2 Å². The van der Waals surface area contributed by atoms with Gasteiger partial charge in [-0.2, -0.15) is 0 Å². The molecule has 0 radical (unpaired) electrons. The molecule has 0 aliphatic carbocycles. The molecule has 0 fully saturated rings. The van der Waals surface area contributed by atoms with Crippen LogP contribution < -0.4 is 15.4 Å². The molecule has 0 aliphatic heterocycles. The van der Waals surface area contributed by atoms with Gasteiger partial charge in [-0.25, -0.2) is 4.79 Å². The van der Waals surface area contributed by atoms with Crippen molar-refractivity contribution < 1.29 is 19.1 Å². The Labute approximate surface area is 197 Å². The van der Waals surface area contributed by atoms with E-state index in [2.05, 4.69) is 35.4 Å². The SMILES string of the molecule is CCN(CC)C(CNC(=O)c1ccc(CNC(=O)OC(C)(C)C)cc1)c1cccc(OC)c1. The van der Waals surface area contributed by atoms with Gasteiger partial charge < -0.3 is 20.1 Å². The average molecular weight is 456 g/mol. The molecule has 2 rings (SSSR count). The van der Waals surface area contributed by atoms with Crippen LogP contribution in [0, 0.1) is 0 Å². The van der Waals surface area contributed by atoms with Crippen molar-refractivity contribution in [1.29, 1.82) is 0 Å². The lowest BCUT2D eigenvalue weighted by Gasteiger charge is -2.30. The van der Waals surface area contributed by atoms with Gasteiger partial charge in [0, 0.05) is 18.7 Å². The van der Waals surface area contributed by atoms with Crippen molar-refractivity contribution in [3.8, 4) is 5.75 Å². The van der Waals surface area contributed by atoms with Gasteiger partial charge in [0.25, 0.3) is 5.91 Å². The minimum atomic E-state index is -0.542. The van der Waals surface area contributed by atoms with Crippen molar-refractivity contribution in [3.63, 3.8) is 0 Å². The van der Waals surface area contributed by atoms with Gasteiger partial charge in [-0.05, 0) is 69.3 Å². The number of ether oxygens (including phenoxy) is 2. The molecule has 0 bridgehead atoms. The van der Waals surface area contributed by atoms with Crippen LogP contribution in [0.15, 0.2) is 48.5 Å². The molecule has 0 aromatic heterocycles. The summed E-state index contributed by atoms with van der Waals surface area (Å²) in [7, 11) is 1.65. The highest BCUT2D eigenvalue weighted by molar-refractivity contribution is 5.94. The second-order valence-electron chi connectivity index (χ2n) is 8.78. The summed E-state index contributed by atoms with van der Waals surface area (Å²) >= 11 is 0. The molecule has 0 heterocycles. The van der Waals surface area contributed by atoms with Crippen LogP contribution in [0.2, 0.25) is 0 Å². The van der Waals surface area contributed by atoms with Gasteiger partial charge in [0.15, 0.2) is 0 Å². The third-order valence-electron chi connectivity index (χ3n) is 5.24. The highest BCUT2D eigenvalue weighted by Crippen LogP contribution is 2.24. The third-order valence-corrected chi connectivity index (χ3v) is 5.24. The van der Waals surface area contributed by atoms with Crippen molar-refractivity contribution in [2.24, 2.45) is 0 Å². The lowest BCUT2D eigenvalue weighted by molar-refractivity contribution is 0.0523. The van der Waals surface area contributed by atoms with E-state index in [1.807, 2.05) is 51.1 Å². The molecular formula is C26H37N3O4. The van der Waals surface area contributed by atoms with E-state index in [1.54, 1.807) is 19.2 Å². The summed E-state index contributed by atoms with van der Waals surface area (Å²) < 4.78 is 10.6. The fourth-order valence-corrected chi connectivity index (χ4v) is 3.52. The van der Waals surface area contributed by atoms with Gasteiger partial charge in [-0.15, -0.1) is 0 Å². The first-order valence-corrected chi connectivity index (χ1v) is 11.4. The number of hydrogen-bond donors (Lipinski definition) is 2. The molecule has 0 aliphatic rings. The Morgan fingerprint density at radius 1 is 1.00 bits per heavy atom. The standard InChI is InChI=1S/C26H37N3O4/c1-7-29(8-2)23(21-10-9-11-22(16-21)32-6)18-27-24(30)20-14-12-19(13-15-20)17-28-25(31)33-26(3,4)5/h9-16,23H,7-8,17-18H2,1-6H3,(H,27,30)(H,28,31). The van der Waals surface area contributed by atoms with E-state index in [-0.39, 0.29) is 11.9 Å². The Bertz CT molecular complexity index is 902. The van der Waals surface area contributed by atoms with Crippen molar-refractivity contribution in [1.82, 2.24) is 15.5 Å². The predicted molar refractivity (Wildman–Crippen MR) is 131 cm³/mol. The molecule has 180 valence electrons. The molecule has 1 unspecified atom stereocenters. The fraction of sp³-hybridized carbons (Fsp3) is 0.462. The van der Waals surface area contributed by atoms with E-state index in [0.717, 1.165) is 30.0 Å². The van der Waals surface area contributed by atoms with Crippen LogP contribution in [-0.4, -0.2) is 49.2 Å². The van der Waals surface area contributed by atoms with Crippen molar-refractivity contribution >= 4 is 12.0 Å². The first kappa shape index (κ1) is 26.2. The minimum absolute atomic E-state index is 0.0383. The minimum Gasteiger partial charge on any atom is -0.497 e. The molecule has 7 heteroatoms. The molecule has 2 aromatic carbocycles. The summed E-state index contributed by atoms with van der Waals surface area (Å²) in [5.41, 5.74) is 2.01. The zero-order valence-corrected chi connectivity index (χ0v) is 20.6. The number of methoxy groups -OCH3 is 1. The van der Waals surface area contributed by atoms with Crippen LogP contribution in [0.25, 0.3) is 0 Å².